The van der Waals surface area contributed by atoms with Crippen LogP contribution in [0.3, 0.4) is 0 Å². The van der Waals surface area contributed by atoms with Crippen molar-refractivity contribution in [3.63, 3.8) is 0 Å². The van der Waals surface area contributed by atoms with Crippen LogP contribution in [0.5, 0.6) is 5.75 Å². The number of rotatable bonds is 5. The van der Waals surface area contributed by atoms with Gasteiger partial charge >= 0.3 is 0 Å². The third-order valence-corrected chi connectivity index (χ3v) is 2.50. The van der Waals surface area contributed by atoms with Crippen LogP contribution in [-0.4, -0.2) is 24.7 Å². The molecular weight excluding hydrogens is 244 g/mol. The maximum Gasteiger partial charge on any atom is 0.273 e. The van der Waals surface area contributed by atoms with Gasteiger partial charge in [-0.25, -0.2) is 0 Å². The Morgan fingerprint density at radius 2 is 2.37 bits per heavy atom. The SMILES string of the molecule is C=CCNC(=O)c1cc(-c2cccc(OC)c2)on1. The highest BCUT2D eigenvalue weighted by Gasteiger charge is 2.13. The van der Waals surface area contributed by atoms with E-state index < -0.39 is 0 Å². The van der Waals surface area contributed by atoms with Crippen molar-refractivity contribution in [1.29, 1.82) is 0 Å². The number of hydrogen-bond donors (Lipinski definition) is 1. The molecule has 1 heterocycles. The van der Waals surface area contributed by atoms with Gasteiger partial charge in [0.1, 0.15) is 5.75 Å². The van der Waals surface area contributed by atoms with Gasteiger partial charge in [-0.15, -0.1) is 6.58 Å². The lowest BCUT2D eigenvalue weighted by Crippen LogP contribution is -2.23. The first-order chi connectivity index (χ1) is 9.24. The molecule has 98 valence electrons. The van der Waals surface area contributed by atoms with Gasteiger partial charge in [0.25, 0.3) is 5.91 Å². The van der Waals surface area contributed by atoms with E-state index in [9.17, 15) is 4.79 Å². The summed E-state index contributed by atoms with van der Waals surface area (Å²) in [7, 11) is 1.59. The molecule has 0 spiro atoms. The minimum atomic E-state index is -0.294. The molecule has 0 radical (unpaired) electrons. The first-order valence-electron chi connectivity index (χ1n) is 5.75. The lowest BCUT2D eigenvalue weighted by atomic mass is 10.1. The normalized spacial score (nSPS) is 9.95. The monoisotopic (exact) mass is 258 g/mol. The fourth-order valence-corrected chi connectivity index (χ4v) is 1.55. The van der Waals surface area contributed by atoms with Crippen molar-refractivity contribution in [1.82, 2.24) is 10.5 Å². The fourth-order valence-electron chi connectivity index (χ4n) is 1.55. The summed E-state index contributed by atoms with van der Waals surface area (Å²) in [6.07, 6.45) is 1.60. The molecule has 1 amide bonds. The van der Waals surface area contributed by atoms with E-state index in [1.165, 1.54) is 0 Å². The molecule has 0 bridgehead atoms. The number of nitrogens with zero attached hydrogens (tertiary/aromatic N) is 1. The van der Waals surface area contributed by atoms with Gasteiger partial charge in [-0.2, -0.15) is 0 Å². The van der Waals surface area contributed by atoms with E-state index in [2.05, 4.69) is 17.1 Å². The Morgan fingerprint density at radius 3 is 3.11 bits per heavy atom. The van der Waals surface area contributed by atoms with E-state index in [1.807, 2.05) is 24.3 Å². The average molecular weight is 258 g/mol. The van der Waals surface area contributed by atoms with Crippen molar-refractivity contribution in [3.05, 3.63) is 48.7 Å². The fraction of sp³-hybridized carbons (Fsp3) is 0.143. The predicted molar refractivity (Wildman–Crippen MR) is 71.0 cm³/mol. The molecule has 0 unspecified atom stereocenters. The minimum Gasteiger partial charge on any atom is -0.497 e. The number of benzene rings is 1. The number of aromatic nitrogens is 1. The molecule has 1 N–H and O–H groups in total. The lowest BCUT2D eigenvalue weighted by molar-refractivity contribution is 0.0949. The Balaban J connectivity index is 2.20. The first-order valence-corrected chi connectivity index (χ1v) is 5.75. The minimum absolute atomic E-state index is 0.236. The van der Waals surface area contributed by atoms with Gasteiger partial charge in [-0.1, -0.05) is 23.4 Å². The molecule has 0 saturated heterocycles. The quantitative estimate of drug-likeness (QED) is 0.835. The van der Waals surface area contributed by atoms with E-state index in [4.69, 9.17) is 9.26 Å². The number of ether oxygens (including phenoxy) is 1. The topological polar surface area (TPSA) is 64.4 Å². The maximum absolute atomic E-state index is 11.7. The Kier molecular flexibility index (Phi) is 3.97. The largest absolute Gasteiger partial charge is 0.497 e. The summed E-state index contributed by atoms with van der Waals surface area (Å²) in [5.74, 6) is 0.937. The van der Waals surface area contributed by atoms with E-state index in [0.717, 1.165) is 5.56 Å². The van der Waals surface area contributed by atoms with E-state index in [0.29, 0.717) is 18.1 Å². The summed E-state index contributed by atoms with van der Waals surface area (Å²) in [4.78, 5) is 11.7. The zero-order chi connectivity index (χ0) is 13.7. The zero-order valence-electron chi connectivity index (χ0n) is 10.6. The summed E-state index contributed by atoms with van der Waals surface area (Å²) in [6.45, 7) is 3.91. The Hall–Kier alpha value is -2.56. The molecule has 2 aromatic rings. The van der Waals surface area contributed by atoms with Gasteiger partial charge in [0.05, 0.1) is 7.11 Å². The lowest BCUT2D eigenvalue weighted by Gasteiger charge is -2.00. The van der Waals surface area contributed by atoms with Crippen LogP contribution in [0, 0.1) is 0 Å². The van der Waals surface area contributed by atoms with Crippen molar-refractivity contribution < 1.29 is 14.1 Å². The maximum atomic E-state index is 11.7. The Bertz CT molecular complexity index is 590. The molecule has 0 fully saturated rings. The molecule has 0 aliphatic heterocycles. The molecule has 5 heteroatoms. The third-order valence-electron chi connectivity index (χ3n) is 2.50. The standard InChI is InChI=1S/C14H14N2O3/c1-3-7-15-14(17)12-9-13(19-16-12)10-5-4-6-11(8-10)18-2/h3-6,8-9H,1,7H2,2H3,(H,15,17). The van der Waals surface area contributed by atoms with Gasteiger partial charge < -0.3 is 14.6 Å². The smallest absolute Gasteiger partial charge is 0.273 e. The van der Waals surface area contributed by atoms with Gasteiger partial charge in [0, 0.05) is 18.2 Å². The number of methoxy groups -OCH3 is 1. The van der Waals surface area contributed by atoms with Gasteiger partial charge in [0.15, 0.2) is 11.5 Å². The van der Waals surface area contributed by atoms with Crippen LogP contribution >= 0.6 is 0 Å². The number of nitrogens with one attached hydrogen (secondary N) is 1. The highest BCUT2D eigenvalue weighted by Crippen LogP contribution is 2.24. The second-order valence-corrected chi connectivity index (χ2v) is 3.81. The van der Waals surface area contributed by atoms with Crippen LogP contribution in [0.2, 0.25) is 0 Å². The second kappa shape index (κ2) is 5.86. The average Bonchev–Trinajstić information content (AvgIpc) is 2.94. The summed E-state index contributed by atoms with van der Waals surface area (Å²) in [5.41, 5.74) is 1.04. The van der Waals surface area contributed by atoms with E-state index >= 15 is 0 Å². The Labute approximate surface area is 110 Å². The summed E-state index contributed by atoms with van der Waals surface area (Å²) in [6, 6.07) is 8.93. The van der Waals surface area contributed by atoms with Crippen LogP contribution in [0.4, 0.5) is 0 Å². The molecule has 1 aromatic carbocycles. The number of carbonyl (C=O) groups is 1. The zero-order valence-corrected chi connectivity index (χ0v) is 10.6. The highest BCUT2D eigenvalue weighted by molar-refractivity contribution is 5.93. The van der Waals surface area contributed by atoms with Gasteiger partial charge in [0.2, 0.25) is 0 Å². The predicted octanol–water partition coefficient (Wildman–Crippen LogP) is 2.27. The first kappa shape index (κ1) is 12.9. The van der Waals surface area contributed by atoms with Crippen molar-refractivity contribution >= 4 is 5.91 Å². The van der Waals surface area contributed by atoms with E-state index in [-0.39, 0.29) is 11.6 Å². The van der Waals surface area contributed by atoms with Crippen molar-refractivity contribution in [2.45, 2.75) is 0 Å². The molecule has 2 rings (SSSR count). The number of hydrogen-bond acceptors (Lipinski definition) is 4. The van der Waals surface area contributed by atoms with Crippen LogP contribution in [-0.2, 0) is 0 Å². The molecule has 5 nitrogen and oxygen atoms in total. The summed E-state index contributed by atoms with van der Waals surface area (Å²) < 4.78 is 10.3. The van der Waals surface area contributed by atoms with Crippen molar-refractivity contribution in [2.24, 2.45) is 0 Å². The van der Waals surface area contributed by atoms with Crippen LogP contribution < -0.4 is 10.1 Å². The molecule has 0 aliphatic rings. The van der Waals surface area contributed by atoms with Crippen LogP contribution in [0.15, 0.2) is 47.5 Å². The number of amides is 1. The molecule has 0 atom stereocenters. The summed E-state index contributed by atoms with van der Waals surface area (Å²) in [5, 5.41) is 6.37. The van der Waals surface area contributed by atoms with Crippen molar-refractivity contribution in [3.8, 4) is 17.1 Å². The number of carbonyl (C=O) groups excluding carboxylic acids is 1. The van der Waals surface area contributed by atoms with Gasteiger partial charge in [-0.05, 0) is 12.1 Å². The molecular formula is C14H14N2O3. The van der Waals surface area contributed by atoms with Crippen LogP contribution in [0.1, 0.15) is 10.5 Å². The molecule has 19 heavy (non-hydrogen) atoms. The van der Waals surface area contributed by atoms with E-state index in [1.54, 1.807) is 19.3 Å². The Morgan fingerprint density at radius 1 is 1.53 bits per heavy atom. The van der Waals surface area contributed by atoms with Gasteiger partial charge in [-0.3, -0.25) is 4.79 Å². The molecule has 1 aromatic heterocycles. The highest BCUT2D eigenvalue weighted by atomic mass is 16.5. The molecule has 0 aliphatic carbocycles. The second-order valence-electron chi connectivity index (χ2n) is 3.81. The van der Waals surface area contributed by atoms with Crippen molar-refractivity contribution in [2.75, 3.05) is 13.7 Å². The third kappa shape index (κ3) is 3.01. The van der Waals surface area contributed by atoms with Crippen LogP contribution in [0.25, 0.3) is 11.3 Å². The molecule has 0 saturated carbocycles. The summed E-state index contributed by atoms with van der Waals surface area (Å²) >= 11 is 0.